The number of nitrogens with one attached hydrogen (secondary N) is 1. The average molecular weight is 198 g/mol. The number of likely N-dealkylation sites (N-methyl/N-ethyl adjacent to an activating group) is 1. The summed E-state index contributed by atoms with van der Waals surface area (Å²) < 4.78 is 0. The van der Waals surface area contributed by atoms with E-state index in [1.54, 1.807) is 0 Å². The molecule has 0 aromatic rings. The van der Waals surface area contributed by atoms with Crippen LogP contribution in [0, 0.1) is 5.92 Å². The van der Waals surface area contributed by atoms with Crippen molar-refractivity contribution in [3.05, 3.63) is 0 Å². The maximum absolute atomic E-state index is 3.59. The molecular formula is C12H26N2. The maximum Gasteiger partial charge on any atom is 0.0217 e. The van der Waals surface area contributed by atoms with Crippen LogP contribution in [-0.4, -0.2) is 36.6 Å². The van der Waals surface area contributed by atoms with Crippen molar-refractivity contribution in [2.75, 3.05) is 19.6 Å². The summed E-state index contributed by atoms with van der Waals surface area (Å²) in [5.41, 5.74) is 0. The van der Waals surface area contributed by atoms with Crippen molar-refractivity contribution in [2.24, 2.45) is 5.92 Å². The van der Waals surface area contributed by atoms with Crippen LogP contribution in [0.1, 0.15) is 40.5 Å². The molecule has 0 aliphatic carbocycles. The van der Waals surface area contributed by atoms with Gasteiger partial charge in [0.1, 0.15) is 0 Å². The molecule has 1 saturated heterocycles. The molecule has 84 valence electrons. The Bertz CT molecular complexity index is 156. The van der Waals surface area contributed by atoms with Crippen molar-refractivity contribution in [2.45, 2.75) is 52.6 Å². The van der Waals surface area contributed by atoms with Crippen molar-refractivity contribution in [1.29, 1.82) is 0 Å². The molecule has 1 rings (SSSR count). The highest BCUT2D eigenvalue weighted by Crippen LogP contribution is 2.17. The molecule has 1 heterocycles. The van der Waals surface area contributed by atoms with Gasteiger partial charge in [-0.1, -0.05) is 20.8 Å². The van der Waals surface area contributed by atoms with Crippen molar-refractivity contribution in [3.63, 3.8) is 0 Å². The molecule has 2 nitrogen and oxygen atoms in total. The van der Waals surface area contributed by atoms with Crippen LogP contribution in [0.4, 0.5) is 0 Å². The third-order valence-corrected chi connectivity index (χ3v) is 3.39. The molecule has 0 aromatic carbocycles. The molecule has 0 saturated carbocycles. The monoisotopic (exact) mass is 198 g/mol. The fraction of sp³-hybridized carbons (Fsp3) is 1.00. The number of hydrogen-bond donors (Lipinski definition) is 1. The molecule has 2 unspecified atom stereocenters. The average Bonchev–Trinajstić information content (AvgIpc) is 2.51. The summed E-state index contributed by atoms with van der Waals surface area (Å²) >= 11 is 0. The van der Waals surface area contributed by atoms with Gasteiger partial charge in [0.2, 0.25) is 0 Å². The van der Waals surface area contributed by atoms with Gasteiger partial charge in [-0.15, -0.1) is 0 Å². The van der Waals surface area contributed by atoms with Crippen molar-refractivity contribution >= 4 is 0 Å². The van der Waals surface area contributed by atoms with E-state index in [2.05, 4.69) is 37.9 Å². The van der Waals surface area contributed by atoms with E-state index in [-0.39, 0.29) is 0 Å². The van der Waals surface area contributed by atoms with Crippen LogP contribution in [0.15, 0.2) is 0 Å². The summed E-state index contributed by atoms with van der Waals surface area (Å²) in [4.78, 5) is 2.63. The fourth-order valence-electron chi connectivity index (χ4n) is 2.29. The van der Waals surface area contributed by atoms with E-state index < -0.39 is 0 Å². The summed E-state index contributed by atoms with van der Waals surface area (Å²) in [6, 6.07) is 1.47. The van der Waals surface area contributed by atoms with Crippen LogP contribution in [0.2, 0.25) is 0 Å². The van der Waals surface area contributed by atoms with Gasteiger partial charge < -0.3 is 5.32 Å². The summed E-state index contributed by atoms with van der Waals surface area (Å²) in [6.07, 6.45) is 2.77. The van der Waals surface area contributed by atoms with E-state index in [9.17, 15) is 0 Å². The first-order chi connectivity index (χ1) is 6.65. The van der Waals surface area contributed by atoms with Crippen LogP contribution in [0.3, 0.4) is 0 Å². The first-order valence-electron chi connectivity index (χ1n) is 6.12. The van der Waals surface area contributed by atoms with Gasteiger partial charge in [0.25, 0.3) is 0 Å². The predicted octanol–water partition coefficient (Wildman–Crippen LogP) is 2.10. The molecule has 0 radical (unpaired) electrons. The topological polar surface area (TPSA) is 15.3 Å². The lowest BCUT2D eigenvalue weighted by molar-refractivity contribution is 0.214. The van der Waals surface area contributed by atoms with Gasteiger partial charge in [-0.2, -0.15) is 0 Å². The molecule has 2 atom stereocenters. The molecule has 0 spiro atoms. The van der Waals surface area contributed by atoms with Crippen LogP contribution in [0.5, 0.6) is 0 Å². The van der Waals surface area contributed by atoms with Gasteiger partial charge in [0, 0.05) is 18.6 Å². The Morgan fingerprint density at radius 1 is 1.43 bits per heavy atom. The summed E-state index contributed by atoms with van der Waals surface area (Å²) in [5, 5.41) is 3.59. The number of nitrogens with zero attached hydrogens (tertiary/aromatic N) is 1. The molecule has 1 aliphatic heterocycles. The Labute approximate surface area is 89.1 Å². The standard InChI is InChI=1S/C12H26N2/c1-5-13-12(10(2)3)9-14-8-6-7-11(14)4/h10-13H,5-9H2,1-4H3. The molecule has 14 heavy (non-hydrogen) atoms. The molecule has 2 heteroatoms. The van der Waals surface area contributed by atoms with E-state index in [0.717, 1.165) is 18.5 Å². The van der Waals surface area contributed by atoms with Gasteiger partial charge >= 0.3 is 0 Å². The summed E-state index contributed by atoms with van der Waals surface area (Å²) in [5.74, 6) is 0.739. The Balaban J connectivity index is 2.37. The second kappa shape index (κ2) is 5.72. The van der Waals surface area contributed by atoms with E-state index >= 15 is 0 Å². The number of likely N-dealkylation sites (tertiary alicyclic amines) is 1. The third-order valence-electron chi connectivity index (χ3n) is 3.39. The van der Waals surface area contributed by atoms with E-state index in [1.165, 1.54) is 25.9 Å². The molecule has 1 aliphatic rings. The maximum atomic E-state index is 3.59. The van der Waals surface area contributed by atoms with Crippen LogP contribution in [0.25, 0.3) is 0 Å². The Hall–Kier alpha value is -0.0800. The van der Waals surface area contributed by atoms with E-state index in [0.29, 0.717) is 6.04 Å². The highest BCUT2D eigenvalue weighted by atomic mass is 15.2. The van der Waals surface area contributed by atoms with Crippen LogP contribution < -0.4 is 5.32 Å². The summed E-state index contributed by atoms with van der Waals surface area (Å²) in [7, 11) is 0. The lowest BCUT2D eigenvalue weighted by atomic mass is 10.0. The van der Waals surface area contributed by atoms with Crippen molar-refractivity contribution in [1.82, 2.24) is 10.2 Å². The third kappa shape index (κ3) is 3.25. The second-order valence-electron chi connectivity index (χ2n) is 4.89. The highest BCUT2D eigenvalue weighted by Gasteiger charge is 2.24. The van der Waals surface area contributed by atoms with Crippen molar-refractivity contribution < 1.29 is 0 Å². The largest absolute Gasteiger partial charge is 0.313 e. The van der Waals surface area contributed by atoms with Crippen LogP contribution in [-0.2, 0) is 0 Å². The minimum Gasteiger partial charge on any atom is -0.313 e. The molecule has 0 bridgehead atoms. The van der Waals surface area contributed by atoms with E-state index in [4.69, 9.17) is 0 Å². The van der Waals surface area contributed by atoms with Gasteiger partial charge in [0.15, 0.2) is 0 Å². The van der Waals surface area contributed by atoms with Crippen LogP contribution >= 0.6 is 0 Å². The zero-order chi connectivity index (χ0) is 10.6. The smallest absolute Gasteiger partial charge is 0.0217 e. The molecule has 0 aromatic heterocycles. The SMILES string of the molecule is CCNC(CN1CCCC1C)C(C)C. The van der Waals surface area contributed by atoms with Crippen molar-refractivity contribution in [3.8, 4) is 0 Å². The minimum atomic E-state index is 0.667. The summed E-state index contributed by atoms with van der Waals surface area (Å²) in [6.45, 7) is 12.8. The fourth-order valence-corrected chi connectivity index (χ4v) is 2.29. The molecule has 0 amide bonds. The quantitative estimate of drug-likeness (QED) is 0.728. The number of hydrogen-bond acceptors (Lipinski definition) is 2. The van der Waals surface area contributed by atoms with Gasteiger partial charge in [-0.05, 0) is 38.8 Å². The van der Waals surface area contributed by atoms with Gasteiger partial charge in [-0.3, -0.25) is 4.90 Å². The zero-order valence-electron chi connectivity index (χ0n) is 10.2. The Morgan fingerprint density at radius 3 is 2.57 bits per heavy atom. The molecular weight excluding hydrogens is 172 g/mol. The van der Waals surface area contributed by atoms with Gasteiger partial charge in [0.05, 0.1) is 0 Å². The lowest BCUT2D eigenvalue weighted by Crippen LogP contribution is -2.45. The normalized spacial score (nSPS) is 25.9. The zero-order valence-corrected chi connectivity index (χ0v) is 10.2. The highest BCUT2D eigenvalue weighted by molar-refractivity contribution is 4.81. The minimum absolute atomic E-state index is 0.667. The predicted molar refractivity (Wildman–Crippen MR) is 62.6 cm³/mol. The second-order valence-corrected chi connectivity index (χ2v) is 4.89. The Kier molecular flexibility index (Phi) is 4.90. The van der Waals surface area contributed by atoms with E-state index in [1.807, 2.05) is 0 Å². The first-order valence-corrected chi connectivity index (χ1v) is 6.12. The first kappa shape index (κ1) is 12.0. The van der Waals surface area contributed by atoms with Gasteiger partial charge in [-0.25, -0.2) is 0 Å². The molecule has 1 N–H and O–H groups in total. The number of rotatable bonds is 5. The Morgan fingerprint density at radius 2 is 2.14 bits per heavy atom. The lowest BCUT2D eigenvalue weighted by Gasteiger charge is -2.29. The molecule has 1 fully saturated rings.